The highest BCUT2D eigenvalue weighted by molar-refractivity contribution is 5.73. The van der Waals surface area contributed by atoms with Gasteiger partial charge in [0.2, 0.25) is 0 Å². The van der Waals surface area contributed by atoms with Gasteiger partial charge >= 0.3 is 6.03 Å². The Morgan fingerprint density at radius 1 is 1.47 bits per heavy atom. The van der Waals surface area contributed by atoms with Crippen LogP contribution in [0.3, 0.4) is 0 Å². The van der Waals surface area contributed by atoms with E-state index in [0.717, 1.165) is 5.56 Å². The van der Waals surface area contributed by atoms with Crippen LogP contribution < -0.4 is 5.32 Å². The Labute approximate surface area is 103 Å². The van der Waals surface area contributed by atoms with E-state index in [1.165, 1.54) is 0 Å². The fourth-order valence-corrected chi connectivity index (χ4v) is 1.31. The number of amides is 2. The molecule has 1 N–H and O–H groups in total. The molecule has 1 rings (SSSR count). The Morgan fingerprint density at radius 3 is 2.71 bits per heavy atom. The van der Waals surface area contributed by atoms with Crippen molar-refractivity contribution in [3.8, 4) is 0 Å². The summed E-state index contributed by atoms with van der Waals surface area (Å²) in [6.07, 6.45) is 3.50. The molecule has 0 bridgehead atoms. The molecule has 0 saturated carbocycles. The van der Waals surface area contributed by atoms with Gasteiger partial charge < -0.3 is 10.2 Å². The van der Waals surface area contributed by atoms with E-state index in [1.807, 2.05) is 12.1 Å². The molecule has 17 heavy (non-hydrogen) atoms. The number of urea groups is 1. The van der Waals surface area contributed by atoms with Crippen LogP contribution in [0, 0.1) is 5.41 Å². The van der Waals surface area contributed by atoms with Crippen LogP contribution >= 0.6 is 0 Å². The van der Waals surface area contributed by atoms with Crippen LogP contribution in [0.2, 0.25) is 0 Å². The monoisotopic (exact) mass is 235 g/mol. The van der Waals surface area contributed by atoms with Gasteiger partial charge in [-0.1, -0.05) is 26.8 Å². The molecule has 1 aromatic heterocycles. The second-order valence-corrected chi connectivity index (χ2v) is 5.44. The van der Waals surface area contributed by atoms with E-state index in [-0.39, 0.29) is 11.4 Å². The maximum atomic E-state index is 11.8. The first kappa shape index (κ1) is 13.5. The summed E-state index contributed by atoms with van der Waals surface area (Å²) in [5, 5.41) is 2.91. The fourth-order valence-electron chi connectivity index (χ4n) is 1.31. The fraction of sp³-hybridized carbons (Fsp3) is 0.538. The van der Waals surface area contributed by atoms with Crippen molar-refractivity contribution < 1.29 is 4.79 Å². The summed E-state index contributed by atoms with van der Waals surface area (Å²) in [7, 11) is 1.78. The highest BCUT2D eigenvalue weighted by Crippen LogP contribution is 2.10. The molecule has 4 heteroatoms. The van der Waals surface area contributed by atoms with Crippen molar-refractivity contribution in [1.29, 1.82) is 0 Å². The molecule has 0 aromatic carbocycles. The molecule has 0 atom stereocenters. The molecule has 0 aliphatic carbocycles. The van der Waals surface area contributed by atoms with Gasteiger partial charge in [-0.3, -0.25) is 4.98 Å². The molecule has 0 saturated heterocycles. The van der Waals surface area contributed by atoms with E-state index in [4.69, 9.17) is 0 Å². The highest BCUT2D eigenvalue weighted by atomic mass is 16.2. The van der Waals surface area contributed by atoms with E-state index in [0.29, 0.717) is 13.1 Å². The van der Waals surface area contributed by atoms with Crippen molar-refractivity contribution in [2.24, 2.45) is 5.41 Å². The average Bonchev–Trinajstić information content (AvgIpc) is 2.26. The van der Waals surface area contributed by atoms with Crippen molar-refractivity contribution in [1.82, 2.24) is 15.2 Å². The topological polar surface area (TPSA) is 45.2 Å². The number of carbonyl (C=O) groups is 1. The van der Waals surface area contributed by atoms with Crippen LogP contribution in [-0.2, 0) is 6.54 Å². The number of nitrogens with one attached hydrogen (secondary N) is 1. The van der Waals surface area contributed by atoms with Gasteiger partial charge in [0, 0.05) is 32.5 Å². The molecule has 0 aliphatic rings. The lowest BCUT2D eigenvalue weighted by atomic mass is 9.97. The van der Waals surface area contributed by atoms with Gasteiger partial charge in [0.15, 0.2) is 0 Å². The third-order valence-corrected chi connectivity index (χ3v) is 2.26. The van der Waals surface area contributed by atoms with Gasteiger partial charge in [0.1, 0.15) is 0 Å². The van der Waals surface area contributed by atoms with Gasteiger partial charge in [-0.25, -0.2) is 4.79 Å². The summed E-state index contributed by atoms with van der Waals surface area (Å²) in [6, 6.07) is 3.78. The number of pyridine rings is 1. The molecule has 1 aromatic rings. The summed E-state index contributed by atoms with van der Waals surface area (Å²) in [6.45, 7) is 7.52. The van der Waals surface area contributed by atoms with Gasteiger partial charge in [-0.05, 0) is 17.0 Å². The number of carbonyl (C=O) groups excluding carboxylic acids is 1. The summed E-state index contributed by atoms with van der Waals surface area (Å²) < 4.78 is 0. The second kappa shape index (κ2) is 5.66. The summed E-state index contributed by atoms with van der Waals surface area (Å²) in [5.74, 6) is 0. The zero-order valence-electron chi connectivity index (χ0n) is 11.0. The van der Waals surface area contributed by atoms with E-state index in [9.17, 15) is 4.79 Å². The molecule has 0 aliphatic heterocycles. The zero-order valence-corrected chi connectivity index (χ0v) is 11.0. The van der Waals surface area contributed by atoms with Crippen molar-refractivity contribution in [2.75, 3.05) is 13.6 Å². The largest absolute Gasteiger partial charge is 0.337 e. The number of aromatic nitrogens is 1. The van der Waals surface area contributed by atoms with Gasteiger partial charge in [-0.15, -0.1) is 0 Å². The van der Waals surface area contributed by atoms with E-state index < -0.39 is 0 Å². The Bertz CT molecular complexity index is 357. The van der Waals surface area contributed by atoms with Crippen LogP contribution in [0.25, 0.3) is 0 Å². The standard InChI is InChI=1S/C13H21N3O/c1-13(2,3)10-15-12(17)16(4)9-11-6-5-7-14-8-11/h5-8H,9-10H2,1-4H3,(H,15,17). The molecule has 94 valence electrons. The maximum Gasteiger partial charge on any atom is 0.317 e. The first-order valence-corrected chi connectivity index (χ1v) is 5.76. The first-order valence-electron chi connectivity index (χ1n) is 5.76. The third-order valence-electron chi connectivity index (χ3n) is 2.26. The third kappa shape index (κ3) is 5.33. The highest BCUT2D eigenvalue weighted by Gasteiger charge is 2.14. The summed E-state index contributed by atoms with van der Waals surface area (Å²) in [5.41, 5.74) is 1.13. The lowest BCUT2D eigenvalue weighted by molar-refractivity contribution is 0.202. The average molecular weight is 235 g/mol. The Kier molecular flexibility index (Phi) is 4.49. The van der Waals surface area contributed by atoms with Crippen LogP contribution in [0.4, 0.5) is 4.79 Å². The summed E-state index contributed by atoms with van der Waals surface area (Å²) >= 11 is 0. The molecule has 4 nitrogen and oxygen atoms in total. The van der Waals surface area contributed by atoms with Crippen molar-refractivity contribution in [3.63, 3.8) is 0 Å². The first-order chi connectivity index (χ1) is 7.88. The number of hydrogen-bond acceptors (Lipinski definition) is 2. The van der Waals surface area contributed by atoms with Crippen LogP contribution in [-0.4, -0.2) is 29.5 Å². The van der Waals surface area contributed by atoms with Crippen LogP contribution in [0.1, 0.15) is 26.3 Å². The maximum absolute atomic E-state index is 11.8. The summed E-state index contributed by atoms with van der Waals surface area (Å²) in [4.78, 5) is 17.5. The molecule has 0 unspecified atom stereocenters. The van der Waals surface area contributed by atoms with Crippen molar-refractivity contribution in [2.45, 2.75) is 27.3 Å². The van der Waals surface area contributed by atoms with E-state index in [1.54, 1.807) is 24.3 Å². The Balaban J connectivity index is 2.43. The molecule has 0 radical (unpaired) electrons. The second-order valence-electron chi connectivity index (χ2n) is 5.44. The zero-order chi connectivity index (χ0) is 12.9. The Hall–Kier alpha value is -1.58. The predicted molar refractivity (Wildman–Crippen MR) is 68.6 cm³/mol. The number of hydrogen-bond donors (Lipinski definition) is 1. The number of rotatable bonds is 3. The minimum atomic E-state index is -0.0521. The molecular weight excluding hydrogens is 214 g/mol. The van der Waals surface area contributed by atoms with E-state index in [2.05, 4.69) is 31.1 Å². The van der Waals surface area contributed by atoms with Crippen LogP contribution in [0.5, 0.6) is 0 Å². The van der Waals surface area contributed by atoms with Crippen molar-refractivity contribution in [3.05, 3.63) is 30.1 Å². The van der Waals surface area contributed by atoms with E-state index >= 15 is 0 Å². The lowest BCUT2D eigenvalue weighted by Gasteiger charge is -2.23. The van der Waals surface area contributed by atoms with Gasteiger partial charge in [-0.2, -0.15) is 0 Å². The molecule has 1 heterocycles. The molecule has 0 spiro atoms. The quantitative estimate of drug-likeness (QED) is 0.873. The van der Waals surface area contributed by atoms with Crippen molar-refractivity contribution >= 4 is 6.03 Å². The number of nitrogens with zero attached hydrogens (tertiary/aromatic N) is 2. The SMILES string of the molecule is CN(Cc1cccnc1)C(=O)NCC(C)(C)C. The Morgan fingerprint density at radius 2 is 2.18 bits per heavy atom. The van der Waals surface area contributed by atoms with Gasteiger partial charge in [0.05, 0.1) is 0 Å². The molecule has 0 fully saturated rings. The minimum Gasteiger partial charge on any atom is -0.337 e. The lowest BCUT2D eigenvalue weighted by Crippen LogP contribution is -2.40. The van der Waals surface area contributed by atoms with Crippen LogP contribution in [0.15, 0.2) is 24.5 Å². The normalized spacial score (nSPS) is 11.1. The minimum absolute atomic E-state index is 0.0521. The smallest absolute Gasteiger partial charge is 0.317 e. The predicted octanol–water partition coefficient (Wildman–Crippen LogP) is 2.27. The van der Waals surface area contributed by atoms with Gasteiger partial charge in [0.25, 0.3) is 0 Å². The molecule has 2 amide bonds. The molecular formula is C13H21N3O.